The first-order chi connectivity index (χ1) is 14.7. The van der Waals surface area contributed by atoms with Gasteiger partial charge in [0.2, 0.25) is 10.0 Å². The van der Waals surface area contributed by atoms with Crippen LogP contribution in [-0.2, 0) is 10.0 Å². The van der Waals surface area contributed by atoms with Crippen molar-refractivity contribution in [2.75, 3.05) is 12.4 Å². The first-order valence-corrected chi connectivity index (χ1v) is 12.2. The highest BCUT2D eigenvalue weighted by atomic mass is 35.5. The lowest BCUT2D eigenvalue weighted by Crippen LogP contribution is -2.33. The van der Waals surface area contributed by atoms with Gasteiger partial charge in [0.25, 0.3) is 5.91 Å². The van der Waals surface area contributed by atoms with Gasteiger partial charge in [-0.25, -0.2) is 13.4 Å². The van der Waals surface area contributed by atoms with Crippen molar-refractivity contribution in [3.8, 4) is 0 Å². The van der Waals surface area contributed by atoms with Gasteiger partial charge >= 0.3 is 0 Å². The minimum absolute atomic E-state index is 0.00791. The lowest BCUT2D eigenvalue weighted by atomic mass is 10.1. The number of nitrogens with zero attached hydrogens (tertiary/aromatic N) is 2. The number of hydrogen-bond donors (Lipinski definition) is 1. The molecule has 6 nitrogen and oxygen atoms in total. The number of benzene rings is 3. The van der Waals surface area contributed by atoms with Crippen molar-refractivity contribution >= 4 is 65.0 Å². The largest absolute Gasteiger partial charge is 0.298 e. The maximum absolute atomic E-state index is 12.9. The molecule has 0 saturated carbocycles. The fourth-order valence-electron chi connectivity index (χ4n) is 3.16. The first-order valence-electron chi connectivity index (χ1n) is 9.55. The molecule has 1 heterocycles. The van der Waals surface area contributed by atoms with E-state index < -0.39 is 15.9 Å². The van der Waals surface area contributed by atoms with Crippen LogP contribution in [0.3, 0.4) is 0 Å². The molecule has 0 aliphatic rings. The topological polar surface area (TPSA) is 79.4 Å². The Kier molecular flexibility index (Phi) is 5.74. The molecule has 31 heavy (non-hydrogen) atoms. The Labute approximate surface area is 189 Å². The molecule has 4 rings (SSSR count). The number of carbonyl (C=O) groups is 1. The van der Waals surface area contributed by atoms with E-state index in [9.17, 15) is 13.2 Å². The van der Waals surface area contributed by atoms with Gasteiger partial charge in [0, 0.05) is 18.5 Å². The minimum Gasteiger partial charge on any atom is -0.298 e. The highest BCUT2D eigenvalue weighted by Crippen LogP contribution is 2.32. The van der Waals surface area contributed by atoms with Crippen molar-refractivity contribution in [1.82, 2.24) is 9.29 Å². The summed E-state index contributed by atoms with van der Waals surface area (Å²) in [5, 5.41) is 5.40. The number of fused-ring (bicyclic) bond motifs is 3. The second-order valence-electron chi connectivity index (χ2n) is 7.36. The van der Waals surface area contributed by atoms with Crippen LogP contribution in [0.25, 0.3) is 21.0 Å². The second-order valence-corrected chi connectivity index (χ2v) is 10.8. The summed E-state index contributed by atoms with van der Waals surface area (Å²) >= 11 is 7.57. The number of rotatable bonds is 5. The lowest BCUT2D eigenvalue weighted by molar-refractivity contribution is 0.102. The van der Waals surface area contributed by atoms with E-state index in [0.29, 0.717) is 5.13 Å². The van der Waals surface area contributed by atoms with Crippen molar-refractivity contribution in [2.45, 2.75) is 24.8 Å². The smallest absolute Gasteiger partial charge is 0.259 e. The van der Waals surface area contributed by atoms with Gasteiger partial charge < -0.3 is 0 Å². The van der Waals surface area contributed by atoms with Crippen molar-refractivity contribution in [1.29, 1.82) is 0 Å². The van der Waals surface area contributed by atoms with Crippen molar-refractivity contribution in [3.05, 3.63) is 65.2 Å². The zero-order chi connectivity index (χ0) is 22.3. The summed E-state index contributed by atoms with van der Waals surface area (Å²) in [4.78, 5) is 17.5. The molecule has 1 N–H and O–H groups in total. The molecule has 0 aliphatic heterocycles. The van der Waals surface area contributed by atoms with Crippen LogP contribution >= 0.6 is 22.9 Å². The number of carbonyl (C=O) groups excluding carboxylic acids is 1. The number of amides is 1. The third-order valence-electron chi connectivity index (χ3n) is 5.09. The number of halogens is 1. The normalized spacial score (nSPS) is 12.2. The summed E-state index contributed by atoms with van der Waals surface area (Å²) in [5.41, 5.74) is 0.878. The maximum Gasteiger partial charge on any atom is 0.259 e. The monoisotopic (exact) mass is 473 g/mol. The Bertz CT molecular complexity index is 1410. The van der Waals surface area contributed by atoms with Gasteiger partial charge in [0.15, 0.2) is 5.13 Å². The maximum atomic E-state index is 12.9. The molecular formula is C22H20ClN3O3S2. The predicted octanol–water partition coefficient (Wildman–Crippen LogP) is 5.38. The molecule has 9 heteroatoms. The van der Waals surface area contributed by atoms with E-state index in [4.69, 9.17) is 11.6 Å². The minimum atomic E-state index is -3.75. The van der Waals surface area contributed by atoms with E-state index in [1.165, 1.54) is 40.9 Å². The molecule has 0 spiro atoms. The fraction of sp³-hybridized carbons (Fsp3) is 0.182. The first kappa shape index (κ1) is 21.7. The van der Waals surface area contributed by atoms with Crippen LogP contribution in [0.5, 0.6) is 0 Å². The quantitative estimate of drug-likeness (QED) is 0.421. The third-order valence-corrected chi connectivity index (χ3v) is 8.39. The molecule has 1 amide bonds. The number of sulfonamides is 1. The van der Waals surface area contributed by atoms with Gasteiger partial charge in [-0.15, -0.1) is 0 Å². The summed E-state index contributed by atoms with van der Waals surface area (Å²) in [6, 6.07) is 15.8. The molecule has 160 valence electrons. The van der Waals surface area contributed by atoms with Crippen LogP contribution in [-0.4, -0.2) is 36.7 Å². The third kappa shape index (κ3) is 4.04. The molecule has 3 aromatic carbocycles. The summed E-state index contributed by atoms with van der Waals surface area (Å²) in [6.45, 7) is 3.55. The number of thiazole rings is 1. The average Bonchev–Trinajstić information content (AvgIpc) is 3.16. The van der Waals surface area contributed by atoms with E-state index >= 15 is 0 Å². The molecule has 0 bridgehead atoms. The van der Waals surface area contributed by atoms with E-state index in [2.05, 4.69) is 10.3 Å². The molecule has 1 aromatic heterocycles. The number of aromatic nitrogens is 1. The van der Waals surface area contributed by atoms with Gasteiger partial charge in [-0.2, -0.15) is 4.31 Å². The van der Waals surface area contributed by atoms with Gasteiger partial charge in [0.05, 0.1) is 25.7 Å². The summed E-state index contributed by atoms with van der Waals surface area (Å²) in [6.07, 6.45) is 0. The van der Waals surface area contributed by atoms with Crippen LogP contribution in [0.15, 0.2) is 59.5 Å². The van der Waals surface area contributed by atoms with E-state index in [1.54, 1.807) is 13.8 Å². The second kappa shape index (κ2) is 8.20. The van der Waals surface area contributed by atoms with Gasteiger partial charge in [-0.05, 0) is 43.5 Å². The summed E-state index contributed by atoms with van der Waals surface area (Å²) in [7, 11) is -2.25. The Balaban J connectivity index is 1.68. The molecule has 0 atom stereocenters. The number of hydrogen-bond acceptors (Lipinski definition) is 5. The van der Waals surface area contributed by atoms with Crippen LogP contribution in [0.4, 0.5) is 5.13 Å². The molecule has 4 aromatic rings. The van der Waals surface area contributed by atoms with Crippen LogP contribution in [0, 0.1) is 0 Å². The fourth-order valence-corrected chi connectivity index (χ4v) is 5.64. The lowest BCUT2D eigenvalue weighted by Gasteiger charge is -2.21. The molecule has 0 saturated heterocycles. The van der Waals surface area contributed by atoms with Crippen LogP contribution < -0.4 is 5.32 Å². The van der Waals surface area contributed by atoms with Crippen molar-refractivity contribution in [2.24, 2.45) is 0 Å². The van der Waals surface area contributed by atoms with Crippen LogP contribution in [0.1, 0.15) is 24.2 Å². The van der Waals surface area contributed by atoms with Gasteiger partial charge in [-0.1, -0.05) is 53.3 Å². The number of anilines is 1. The molecule has 0 radical (unpaired) electrons. The zero-order valence-corrected chi connectivity index (χ0v) is 19.5. The summed E-state index contributed by atoms with van der Waals surface area (Å²) in [5.74, 6) is -0.516. The zero-order valence-electron chi connectivity index (χ0n) is 17.1. The van der Waals surface area contributed by atoms with Gasteiger partial charge in [-0.3, -0.25) is 10.1 Å². The molecule has 0 aliphatic carbocycles. The number of nitrogens with one attached hydrogen (secondary N) is 1. The molecule has 0 unspecified atom stereocenters. The van der Waals surface area contributed by atoms with E-state index in [1.807, 2.05) is 36.4 Å². The SMILES string of the molecule is CC(C)N(C)S(=O)(=O)c1ccc(Cl)c(C(=O)Nc2nc3c(ccc4ccccc43)s2)c1. The van der Waals surface area contributed by atoms with Crippen molar-refractivity contribution < 1.29 is 13.2 Å². The standard InChI is InChI=1S/C22H20ClN3O3S2/c1-13(2)26(3)31(28,29)15-9-10-18(23)17(12-15)21(27)25-22-24-20-16-7-5-4-6-14(16)8-11-19(20)30-22/h4-13H,1-3H3,(H,24,25,27). The highest BCUT2D eigenvalue weighted by molar-refractivity contribution is 7.89. The van der Waals surface area contributed by atoms with E-state index in [0.717, 1.165) is 21.0 Å². The Hall–Kier alpha value is -2.52. The van der Waals surface area contributed by atoms with E-state index in [-0.39, 0.29) is 21.5 Å². The Morgan fingerprint density at radius 2 is 1.87 bits per heavy atom. The predicted molar refractivity (Wildman–Crippen MR) is 127 cm³/mol. The Morgan fingerprint density at radius 3 is 2.61 bits per heavy atom. The highest BCUT2D eigenvalue weighted by Gasteiger charge is 2.25. The summed E-state index contributed by atoms with van der Waals surface area (Å²) < 4.78 is 27.8. The molecule has 0 fully saturated rings. The van der Waals surface area contributed by atoms with Gasteiger partial charge in [0.1, 0.15) is 0 Å². The molecular weight excluding hydrogens is 454 g/mol. The Morgan fingerprint density at radius 1 is 1.13 bits per heavy atom. The van der Waals surface area contributed by atoms with Crippen LogP contribution in [0.2, 0.25) is 5.02 Å². The van der Waals surface area contributed by atoms with Crippen molar-refractivity contribution in [3.63, 3.8) is 0 Å². The average molecular weight is 474 g/mol.